The van der Waals surface area contributed by atoms with Crippen LogP contribution in [0.15, 0.2) is 11.6 Å². The summed E-state index contributed by atoms with van der Waals surface area (Å²) in [7, 11) is 0. The van der Waals surface area contributed by atoms with E-state index in [0.29, 0.717) is 16.9 Å². The summed E-state index contributed by atoms with van der Waals surface area (Å²) >= 11 is 1.51. The molecular weight excluding hydrogens is 594 g/mol. The van der Waals surface area contributed by atoms with Gasteiger partial charge in [0, 0.05) is 13.2 Å². The summed E-state index contributed by atoms with van der Waals surface area (Å²) in [5.74, 6) is 6.17. The molecule has 13 atom stereocenters. The van der Waals surface area contributed by atoms with Crippen LogP contribution in [0.1, 0.15) is 131 Å². The van der Waals surface area contributed by atoms with Gasteiger partial charge in [-0.3, -0.25) is 0 Å². The Kier molecular flexibility index (Phi) is 13.1. The molecule has 5 aliphatic rings. The van der Waals surface area contributed by atoms with Crippen LogP contribution in [0.4, 0.5) is 0 Å². The maximum absolute atomic E-state index is 10.3. The van der Waals surface area contributed by atoms with Crippen LogP contribution < -0.4 is 5.73 Å². The minimum absolute atomic E-state index is 0.124. The van der Waals surface area contributed by atoms with Crippen molar-refractivity contribution < 1.29 is 24.8 Å². The molecule has 2 unspecified atom stereocenters. The van der Waals surface area contributed by atoms with E-state index >= 15 is 0 Å². The fourth-order valence-corrected chi connectivity index (χ4v) is 12.2. The Morgan fingerprint density at radius 2 is 1.70 bits per heavy atom. The second-order valence-corrected chi connectivity index (χ2v) is 18.3. The highest BCUT2D eigenvalue weighted by Crippen LogP contribution is 2.67. The molecule has 0 bridgehead atoms. The Balaban J connectivity index is 1.02. The highest BCUT2D eigenvalue weighted by Gasteiger charge is 2.59. The zero-order chi connectivity index (χ0) is 33.1. The molecule has 4 aliphatic carbocycles. The van der Waals surface area contributed by atoms with Crippen molar-refractivity contribution in [2.24, 2.45) is 52.1 Å². The van der Waals surface area contributed by atoms with Crippen LogP contribution in [0.25, 0.3) is 0 Å². The van der Waals surface area contributed by atoms with Gasteiger partial charge in [0.15, 0.2) is 0 Å². The fraction of sp³-hybridized carbons (Fsp3) is 0.949. The van der Waals surface area contributed by atoms with E-state index < -0.39 is 29.9 Å². The second-order valence-electron chi connectivity index (χ2n) is 17.1. The number of nitrogens with two attached hydrogens (primary N) is 1. The smallest absolute Gasteiger partial charge is 0.132 e. The molecule has 3 saturated carbocycles. The number of thioether (sulfide) groups is 1. The van der Waals surface area contributed by atoms with E-state index in [1.807, 2.05) is 0 Å². The number of unbranched alkanes of at least 4 members (excludes halogenated alkanes) is 3. The largest absolute Gasteiger partial charge is 0.388 e. The van der Waals surface area contributed by atoms with Crippen molar-refractivity contribution >= 4 is 11.8 Å². The maximum Gasteiger partial charge on any atom is 0.132 e. The number of ether oxygens (including phenoxy) is 2. The van der Waals surface area contributed by atoms with Gasteiger partial charge in [-0.25, -0.2) is 0 Å². The molecule has 266 valence electrons. The molecule has 0 radical (unpaired) electrons. The normalized spacial score (nSPS) is 43.1. The summed E-state index contributed by atoms with van der Waals surface area (Å²) in [5, 5.41) is 30.3. The van der Waals surface area contributed by atoms with Gasteiger partial charge in [-0.15, -0.1) is 11.8 Å². The zero-order valence-electron chi connectivity index (χ0n) is 29.9. The van der Waals surface area contributed by atoms with Crippen molar-refractivity contribution in [3.05, 3.63) is 11.6 Å². The predicted octanol–water partition coefficient (Wildman–Crippen LogP) is 7.47. The molecule has 4 fully saturated rings. The van der Waals surface area contributed by atoms with Crippen LogP contribution in [-0.2, 0) is 9.47 Å². The van der Waals surface area contributed by atoms with Gasteiger partial charge in [0.1, 0.15) is 23.7 Å². The van der Waals surface area contributed by atoms with Crippen molar-refractivity contribution in [2.75, 3.05) is 18.9 Å². The predicted molar refractivity (Wildman–Crippen MR) is 189 cm³/mol. The average molecular weight is 664 g/mol. The fourth-order valence-electron chi connectivity index (χ4n) is 11.1. The SMILES string of the molecule is CC(C)CCC[C@@H](C)[C@H]1CC[C@H]2[C@@H]3CC=C4CC(OCCCCCCSC5O[C@H](CN)[C@@H](O)[C@H](O)[C@@H]5O)CC[C@]4(C)[C@H]3CC[C@]12C. The third-order valence-corrected chi connectivity index (χ3v) is 15.1. The van der Waals surface area contributed by atoms with Gasteiger partial charge in [-0.2, -0.15) is 0 Å². The monoisotopic (exact) mass is 663 g/mol. The van der Waals surface area contributed by atoms with Crippen molar-refractivity contribution in [3.8, 4) is 0 Å². The summed E-state index contributed by atoms with van der Waals surface area (Å²) in [6, 6.07) is 0. The molecular formula is C39H69NO5S. The summed E-state index contributed by atoms with van der Waals surface area (Å²) in [4.78, 5) is 0. The number of hydrogen-bond donors (Lipinski definition) is 4. The van der Waals surface area contributed by atoms with Crippen LogP contribution in [-0.4, -0.2) is 70.2 Å². The molecule has 1 heterocycles. The van der Waals surface area contributed by atoms with Crippen LogP contribution in [0, 0.1) is 46.3 Å². The minimum Gasteiger partial charge on any atom is -0.388 e. The highest BCUT2D eigenvalue weighted by atomic mass is 32.2. The molecule has 7 heteroatoms. The number of aliphatic hydroxyl groups is 3. The average Bonchev–Trinajstić information content (AvgIpc) is 3.39. The molecule has 5 N–H and O–H groups in total. The molecule has 0 aromatic rings. The maximum atomic E-state index is 10.3. The second kappa shape index (κ2) is 16.2. The third-order valence-electron chi connectivity index (χ3n) is 13.8. The Labute approximate surface area is 285 Å². The number of allylic oxidation sites excluding steroid dienone is 1. The number of hydrogen-bond acceptors (Lipinski definition) is 7. The highest BCUT2D eigenvalue weighted by molar-refractivity contribution is 7.99. The first-order chi connectivity index (χ1) is 22.0. The van der Waals surface area contributed by atoms with Crippen LogP contribution >= 0.6 is 11.8 Å². The van der Waals surface area contributed by atoms with Crippen LogP contribution in [0.2, 0.25) is 0 Å². The van der Waals surface area contributed by atoms with E-state index in [0.717, 1.165) is 80.0 Å². The lowest BCUT2D eigenvalue weighted by molar-refractivity contribution is -0.194. The Morgan fingerprint density at radius 3 is 2.46 bits per heavy atom. The standard InChI is InChI=1S/C39H69NO5S/c1-25(2)11-10-12-26(3)30-15-16-31-29-14-13-27-23-28(17-19-38(27,4)32(29)18-20-39(30,31)5)44-21-8-6-7-9-22-46-37-36(43)35(42)34(41)33(24-40)45-37/h13,25-26,28-37,41-43H,6-12,14-24,40H2,1-5H3/t26-,28?,29+,30-,31+,32+,33-,34-,35+,36+,37?,38+,39-/m1/s1. The van der Waals surface area contributed by atoms with Gasteiger partial charge >= 0.3 is 0 Å². The number of fused-ring (bicyclic) bond motifs is 5. The van der Waals surface area contributed by atoms with E-state index in [1.54, 1.807) is 5.57 Å². The van der Waals surface area contributed by atoms with Gasteiger partial charge in [0.25, 0.3) is 0 Å². The Bertz CT molecular complexity index is 991. The summed E-state index contributed by atoms with van der Waals surface area (Å²) in [6.07, 6.45) is 18.4. The van der Waals surface area contributed by atoms with Gasteiger partial charge in [-0.1, -0.05) is 78.4 Å². The van der Waals surface area contributed by atoms with E-state index in [4.69, 9.17) is 15.2 Å². The lowest BCUT2D eigenvalue weighted by Crippen LogP contribution is -2.58. The molecule has 46 heavy (non-hydrogen) atoms. The Morgan fingerprint density at radius 1 is 0.913 bits per heavy atom. The molecule has 0 aromatic carbocycles. The van der Waals surface area contributed by atoms with Gasteiger partial charge in [-0.05, 0) is 116 Å². The van der Waals surface area contributed by atoms with Gasteiger partial charge < -0.3 is 30.5 Å². The Hall–Kier alpha value is -0.150. The lowest BCUT2D eigenvalue weighted by atomic mass is 9.47. The summed E-state index contributed by atoms with van der Waals surface area (Å²) < 4.78 is 12.2. The van der Waals surface area contributed by atoms with E-state index in [-0.39, 0.29) is 6.54 Å². The van der Waals surface area contributed by atoms with Crippen molar-refractivity contribution in [1.82, 2.24) is 0 Å². The lowest BCUT2D eigenvalue weighted by Gasteiger charge is -2.58. The first-order valence-electron chi connectivity index (χ1n) is 19.3. The molecule has 0 spiro atoms. The molecule has 1 aliphatic heterocycles. The molecule has 0 aromatic heterocycles. The van der Waals surface area contributed by atoms with Crippen molar-refractivity contribution in [1.29, 1.82) is 0 Å². The molecule has 0 amide bonds. The quantitative estimate of drug-likeness (QED) is 0.106. The van der Waals surface area contributed by atoms with Crippen molar-refractivity contribution in [3.63, 3.8) is 0 Å². The first kappa shape index (κ1) is 37.1. The molecule has 5 rings (SSSR count). The van der Waals surface area contributed by atoms with Crippen LogP contribution in [0.5, 0.6) is 0 Å². The number of rotatable bonds is 15. The topological polar surface area (TPSA) is 105 Å². The molecule has 6 nitrogen and oxygen atoms in total. The summed E-state index contributed by atoms with van der Waals surface area (Å²) in [6.45, 7) is 13.6. The van der Waals surface area contributed by atoms with E-state index in [2.05, 4.69) is 40.7 Å². The van der Waals surface area contributed by atoms with E-state index in [9.17, 15) is 15.3 Å². The molecule has 1 saturated heterocycles. The minimum atomic E-state index is -1.21. The van der Waals surface area contributed by atoms with Crippen LogP contribution in [0.3, 0.4) is 0 Å². The first-order valence-corrected chi connectivity index (χ1v) is 20.4. The zero-order valence-corrected chi connectivity index (χ0v) is 30.7. The summed E-state index contributed by atoms with van der Waals surface area (Å²) in [5.41, 5.74) is 7.78. The van der Waals surface area contributed by atoms with Crippen molar-refractivity contribution in [2.45, 2.75) is 167 Å². The number of aliphatic hydroxyl groups excluding tert-OH is 3. The van der Waals surface area contributed by atoms with E-state index in [1.165, 1.54) is 76.0 Å². The third kappa shape index (κ3) is 7.92. The van der Waals surface area contributed by atoms with Gasteiger partial charge in [0.05, 0.1) is 12.2 Å². The van der Waals surface area contributed by atoms with Gasteiger partial charge in [0.2, 0.25) is 0 Å².